The van der Waals surface area contributed by atoms with Gasteiger partial charge in [0.1, 0.15) is 6.04 Å². The highest BCUT2D eigenvalue weighted by Crippen LogP contribution is 2.16. The number of nitrogens with zero attached hydrogens (tertiary/aromatic N) is 1. The highest BCUT2D eigenvalue weighted by Gasteiger charge is 2.32. The monoisotopic (exact) mass is 200 g/mol. The minimum Gasteiger partial charge on any atom is -0.368 e. The lowest BCUT2D eigenvalue weighted by Gasteiger charge is -2.22. The van der Waals surface area contributed by atoms with Gasteiger partial charge in [-0.25, -0.2) is 4.79 Å². The summed E-state index contributed by atoms with van der Waals surface area (Å²) in [4.78, 5) is 23.9. The fourth-order valence-electron chi connectivity index (χ4n) is 1.59. The van der Waals surface area contributed by atoms with Crippen LogP contribution in [0.2, 0.25) is 0 Å². The van der Waals surface area contributed by atoms with Gasteiger partial charge in [0.15, 0.2) is 0 Å². The average molecular weight is 200 g/mol. The van der Waals surface area contributed by atoms with E-state index in [4.69, 9.17) is 11.5 Å². The highest BCUT2D eigenvalue weighted by atomic mass is 16.2. The van der Waals surface area contributed by atoms with Crippen molar-refractivity contribution < 1.29 is 9.59 Å². The second-order valence-electron chi connectivity index (χ2n) is 3.27. The van der Waals surface area contributed by atoms with Crippen molar-refractivity contribution in [1.82, 2.24) is 10.2 Å². The summed E-state index contributed by atoms with van der Waals surface area (Å²) in [5.41, 5.74) is 10.4. The Balaban J connectivity index is 2.49. The van der Waals surface area contributed by atoms with Gasteiger partial charge in [-0.1, -0.05) is 0 Å². The van der Waals surface area contributed by atoms with Crippen LogP contribution in [0.3, 0.4) is 0 Å². The molecule has 3 amide bonds. The van der Waals surface area contributed by atoms with Crippen molar-refractivity contribution in [2.24, 2.45) is 11.5 Å². The van der Waals surface area contributed by atoms with Crippen LogP contribution in [0.1, 0.15) is 12.8 Å². The van der Waals surface area contributed by atoms with Gasteiger partial charge in [0, 0.05) is 19.6 Å². The predicted molar refractivity (Wildman–Crippen MR) is 51.4 cm³/mol. The average Bonchev–Trinajstić information content (AvgIpc) is 2.62. The van der Waals surface area contributed by atoms with Gasteiger partial charge >= 0.3 is 6.03 Å². The van der Waals surface area contributed by atoms with Gasteiger partial charge in [0.25, 0.3) is 0 Å². The first-order chi connectivity index (χ1) is 6.66. The Hall–Kier alpha value is -1.30. The first-order valence-corrected chi connectivity index (χ1v) is 4.70. The van der Waals surface area contributed by atoms with Crippen molar-refractivity contribution in [1.29, 1.82) is 0 Å². The van der Waals surface area contributed by atoms with Crippen molar-refractivity contribution in [2.75, 3.05) is 19.6 Å². The summed E-state index contributed by atoms with van der Waals surface area (Å²) in [6, 6.07) is -0.704. The number of carbonyl (C=O) groups excluding carboxylic acids is 2. The van der Waals surface area contributed by atoms with Gasteiger partial charge in [-0.05, 0) is 12.8 Å². The van der Waals surface area contributed by atoms with Crippen LogP contribution in [0.15, 0.2) is 0 Å². The zero-order valence-corrected chi connectivity index (χ0v) is 8.03. The zero-order chi connectivity index (χ0) is 10.6. The minimum atomic E-state index is -0.451. The second kappa shape index (κ2) is 4.80. The fourth-order valence-corrected chi connectivity index (χ4v) is 1.59. The Morgan fingerprint density at radius 2 is 2.21 bits per heavy atom. The summed E-state index contributed by atoms with van der Waals surface area (Å²) in [7, 11) is 0. The van der Waals surface area contributed by atoms with E-state index >= 15 is 0 Å². The normalized spacial score (nSPS) is 20.9. The number of nitrogens with one attached hydrogen (secondary N) is 1. The van der Waals surface area contributed by atoms with Gasteiger partial charge in [-0.2, -0.15) is 0 Å². The molecule has 14 heavy (non-hydrogen) atoms. The molecule has 5 N–H and O–H groups in total. The number of amides is 3. The summed E-state index contributed by atoms with van der Waals surface area (Å²) in [5, 5.41) is 2.61. The summed E-state index contributed by atoms with van der Waals surface area (Å²) in [6.07, 6.45) is 1.48. The van der Waals surface area contributed by atoms with Crippen molar-refractivity contribution in [3.63, 3.8) is 0 Å². The third-order valence-electron chi connectivity index (χ3n) is 2.26. The molecule has 1 atom stereocenters. The van der Waals surface area contributed by atoms with E-state index in [2.05, 4.69) is 5.32 Å². The summed E-state index contributed by atoms with van der Waals surface area (Å²) < 4.78 is 0. The van der Waals surface area contributed by atoms with Crippen molar-refractivity contribution in [3.8, 4) is 0 Å². The number of hydrogen-bond acceptors (Lipinski definition) is 3. The summed E-state index contributed by atoms with van der Waals surface area (Å²) in [6.45, 7) is 1.39. The Morgan fingerprint density at radius 1 is 1.50 bits per heavy atom. The standard InChI is InChI=1S/C8H16N4O2/c9-3-4-11-8(14)12-5-1-2-6(12)7(10)13/h6H,1-5,9H2,(H2,10,13)(H,11,14). The van der Waals surface area contributed by atoms with Gasteiger partial charge in [0.05, 0.1) is 0 Å². The molecular weight excluding hydrogens is 184 g/mol. The molecule has 1 unspecified atom stereocenters. The molecule has 0 aromatic heterocycles. The van der Waals surface area contributed by atoms with E-state index in [0.717, 1.165) is 6.42 Å². The van der Waals surface area contributed by atoms with Crippen LogP contribution in [0, 0.1) is 0 Å². The van der Waals surface area contributed by atoms with E-state index in [0.29, 0.717) is 26.1 Å². The molecule has 0 aromatic carbocycles. The van der Waals surface area contributed by atoms with Crippen LogP contribution in [0.5, 0.6) is 0 Å². The molecule has 1 saturated heterocycles. The predicted octanol–water partition coefficient (Wildman–Crippen LogP) is -1.40. The van der Waals surface area contributed by atoms with E-state index in [1.165, 1.54) is 4.90 Å². The number of primary amides is 1. The Bertz CT molecular complexity index is 231. The third kappa shape index (κ3) is 2.35. The summed E-state index contributed by atoms with van der Waals surface area (Å²) in [5.74, 6) is -0.439. The van der Waals surface area contributed by atoms with E-state index in [9.17, 15) is 9.59 Å². The molecule has 6 heteroatoms. The van der Waals surface area contributed by atoms with Crippen LogP contribution >= 0.6 is 0 Å². The lowest BCUT2D eigenvalue weighted by molar-refractivity contribution is -0.121. The van der Waals surface area contributed by atoms with Crippen LogP contribution < -0.4 is 16.8 Å². The largest absolute Gasteiger partial charge is 0.368 e. The second-order valence-corrected chi connectivity index (χ2v) is 3.27. The zero-order valence-electron chi connectivity index (χ0n) is 8.03. The Labute approximate surface area is 82.6 Å². The van der Waals surface area contributed by atoms with Crippen LogP contribution in [0.4, 0.5) is 4.79 Å². The number of hydrogen-bond donors (Lipinski definition) is 3. The lowest BCUT2D eigenvalue weighted by atomic mass is 10.2. The molecule has 1 fully saturated rings. The van der Waals surface area contributed by atoms with E-state index in [1.54, 1.807) is 0 Å². The maximum Gasteiger partial charge on any atom is 0.318 e. The molecule has 0 bridgehead atoms. The number of rotatable bonds is 3. The van der Waals surface area contributed by atoms with Crippen LogP contribution in [-0.2, 0) is 4.79 Å². The Morgan fingerprint density at radius 3 is 2.79 bits per heavy atom. The third-order valence-corrected chi connectivity index (χ3v) is 2.26. The molecule has 0 saturated carbocycles. The fraction of sp³-hybridized carbons (Fsp3) is 0.750. The van der Waals surface area contributed by atoms with E-state index < -0.39 is 11.9 Å². The number of likely N-dealkylation sites (tertiary alicyclic amines) is 1. The topological polar surface area (TPSA) is 101 Å². The first kappa shape index (κ1) is 10.8. The molecule has 0 aliphatic carbocycles. The molecule has 6 nitrogen and oxygen atoms in total. The smallest absolute Gasteiger partial charge is 0.318 e. The number of nitrogens with two attached hydrogens (primary N) is 2. The highest BCUT2D eigenvalue weighted by molar-refractivity contribution is 5.86. The molecule has 0 spiro atoms. The quantitative estimate of drug-likeness (QED) is 0.522. The first-order valence-electron chi connectivity index (χ1n) is 4.70. The van der Waals surface area contributed by atoms with E-state index in [-0.39, 0.29) is 6.03 Å². The minimum absolute atomic E-state index is 0.253. The maximum absolute atomic E-state index is 11.5. The molecule has 1 aliphatic rings. The van der Waals surface area contributed by atoms with Gasteiger partial charge in [0.2, 0.25) is 5.91 Å². The lowest BCUT2D eigenvalue weighted by Crippen LogP contribution is -2.48. The van der Waals surface area contributed by atoms with Gasteiger partial charge in [-0.15, -0.1) is 0 Å². The van der Waals surface area contributed by atoms with Crippen LogP contribution in [0.25, 0.3) is 0 Å². The van der Waals surface area contributed by atoms with E-state index in [1.807, 2.05) is 0 Å². The number of carbonyl (C=O) groups is 2. The molecule has 0 radical (unpaired) electrons. The Kier molecular flexibility index (Phi) is 3.70. The number of urea groups is 1. The maximum atomic E-state index is 11.5. The molecule has 1 rings (SSSR count). The van der Waals surface area contributed by atoms with Crippen molar-refractivity contribution in [2.45, 2.75) is 18.9 Å². The van der Waals surface area contributed by atoms with Crippen LogP contribution in [-0.4, -0.2) is 42.5 Å². The molecular formula is C8H16N4O2. The van der Waals surface area contributed by atoms with Gasteiger partial charge < -0.3 is 21.7 Å². The molecule has 80 valence electrons. The van der Waals surface area contributed by atoms with Gasteiger partial charge in [-0.3, -0.25) is 4.79 Å². The molecule has 1 aliphatic heterocycles. The van der Waals surface area contributed by atoms with Crippen molar-refractivity contribution in [3.05, 3.63) is 0 Å². The molecule has 0 aromatic rings. The molecule has 1 heterocycles. The van der Waals surface area contributed by atoms with Crippen molar-refractivity contribution >= 4 is 11.9 Å². The summed E-state index contributed by atoms with van der Waals surface area (Å²) >= 11 is 0. The SMILES string of the molecule is NCCNC(=O)N1CCCC1C(N)=O.